The summed E-state index contributed by atoms with van der Waals surface area (Å²) in [6, 6.07) is 4.78. The van der Waals surface area contributed by atoms with Crippen LogP contribution in [0.4, 0.5) is 4.39 Å². The van der Waals surface area contributed by atoms with Crippen LogP contribution in [-0.2, 0) is 13.1 Å². The van der Waals surface area contributed by atoms with E-state index in [9.17, 15) is 4.39 Å². The summed E-state index contributed by atoms with van der Waals surface area (Å²) in [5.41, 5.74) is 1.97. The van der Waals surface area contributed by atoms with Crippen LogP contribution < -0.4 is 5.32 Å². The molecule has 90 valence electrons. The molecule has 4 nitrogen and oxygen atoms in total. The highest BCUT2D eigenvalue weighted by Crippen LogP contribution is 2.11. The average molecular weight is 234 g/mol. The first-order chi connectivity index (χ1) is 8.19. The summed E-state index contributed by atoms with van der Waals surface area (Å²) in [4.78, 5) is 4.16. The molecule has 2 aromatic rings. The SMILES string of the molecule is CNCc1ncn(Cc2ccc(F)cc2C)n1. The summed E-state index contributed by atoms with van der Waals surface area (Å²) in [5, 5.41) is 7.30. The van der Waals surface area contributed by atoms with Crippen molar-refractivity contribution >= 4 is 0 Å². The van der Waals surface area contributed by atoms with Gasteiger partial charge in [0.05, 0.1) is 13.1 Å². The second-order valence-corrected chi connectivity index (χ2v) is 3.96. The average Bonchev–Trinajstić information content (AvgIpc) is 2.71. The quantitative estimate of drug-likeness (QED) is 0.871. The van der Waals surface area contributed by atoms with Crippen molar-refractivity contribution in [2.75, 3.05) is 7.05 Å². The van der Waals surface area contributed by atoms with Crippen LogP contribution in [0.15, 0.2) is 24.5 Å². The van der Waals surface area contributed by atoms with Gasteiger partial charge in [0.2, 0.25) is 0 Å². The molecule has 0 spiro atoms. The molecule has 1 aromatic heterocycles. The van der Waals surface area contributed by atoms with Gasteiger partial charge in [-0.25, -0.2) is 14.1 Å². The highest BCUT2D eigenvalue weighted by molar-refractivity contribution is 5.26. The van der Waals surface area contributed by atoms with E-state index in [0.29, 0.717) is 13.1 Å². The summed E-state index contributed by atoms with van der Waals surface area (Å²) in [5.74, 6) is 0.549. The van der Waals surface area contributed by atoms with Crippen LogP contribution in [0.2, 0.25) is 0 Å². The van der Waals surface area contributed by atoms with Crippen molar-refractivity contribution < 1.29 is 4.39 Å². The van der Waals surface area contributed by atoms with E-state index >= 15 is 0 Å². The number of nitrogens with one attached hydrogen (secondary N) is 1. The van der Waals surface area contributed by atoms with Gasteiger partial charge in [-0.05, 0) is 37.2 Å². The van der Waals surface area contributed by atoms with Crippen molar-refractivity contribution in [1.29, 1.82) is 0 Å². The first-order valence-corrected chi connectivity index (χ1v) is 5.47. The molecule has 0 radical (unpaired) electrons. The minimum Gasteiger partial charge on any atom is -0.313 e. The third-order valence-corrected chi connectivity index (χ3v) is 2.56. The Hall–Kier alpha value is -1.75. The molecule has 17 heavy (non-hydrogen) atoms. The molecule has 0 aliphatic carbocycles. The molecule has 1 aromatic carbocycles. The normalized spacial score (nSPS) is 10.8. The van der Waals surface area contributed by atoms with Crippen LogP contribution in [0.25, 0.3) is 0 Å². The number of halogens is 1. The van der Waals surface area contributed by atoms with Gasteiger partial charge in [0.15, 0.2) is 5.82 Å². The molecule has 0 bridgehead atoms. The molecule has 0 atom stereocenters. The van der Waals surface area contributed by atoms with Gasteiger partial charge in [0.25, 0.3) is 0 Å². The Kier molecular flexibility index (Phi) is 3.49. The largest absolute Gasteiger partial charge is 0.313 e. The number of hydrogen-bond acceptors (Lipinski definition) is 3. The predicted octanol–water partition coefficient (Wildman–Crippen LogP) is 1.49. The molecule has 1 heterocycles. The monoisotopic (exact) mass is 234 g/mol. The highest BCUT2D eigenvalue weighted by atomic mass is 19.1. The van der Waals surface area contributed by atoms with E-state index in [0.717, 1.165) is 17.0 Å². The lowest BCUT2D eigenvalue weighted by molar-refractivity contribution is 0.620. The number of rotatable bonds is 4. The second-order valence-electron chi connectivity index (χ2n) is 3.96. The van der Waals surface area contributed by atoms with Crippen LogP contribution >= 0.6 is 0 Å². The van der Waals surface area contributed by atoms with Crippen molar-refractivity contribution in [3.05, 3.63) is 47.3 Å². The minimum absolute atomic E-state index is 0.208. The van der Waals surface area contributed by atoms with Crippen molar-refractivity contribution in [3.63, 3.8) is 0 Å². The van der Waals surface area contributed by atoms with Crippen LogP contribution in [0.3, 0.4) is 0 Å². The van der Waals surface area contributed by atoms with Gasteiger partial charge in [-0.3, -0.25) is 0 Å². The summed E-state index contributed by atoms with van der Waals surface area (Å²) >= 11 is 0. The minimum atomic E-state index is -0.208. The molecule has 2 rings (SSSR count). The fourth-order valence-electron chi connectivity index (χ4n) is 1.66. The van der Waals surface area contributed by atoms with Crippen molar-refractivity contribution in [2.24, 2.45) is 0 Å². The van der Waals surface area contributed by atoms with E-state index in [1.165, 1.54) is 12.1 Å². The molecule has 5 heteroatoms. The Morgan fingerprint density at radius 2 is 2.24 bits per heavy atom. The molecular formula is C12H15FN4. The molecule has 1 N–H and O–H groups in total. The molecule has 0 aliphatic rings. The maximum atomic E-state index is 12.9. The lowest BCUT2D eigenvalue weighted by atomic mass is 10.1. The lowest BCUT2D eigenvalue weighted by Gasteiger charge is -2.05. The molecular weight excluding hydrogens is 219 g/mol. The van der Waals surface area contributed by atoms with Crippen LogP contribution in [0.5, 0.6) is 0 Å². The lowest BCUT2D eigenvalue weighted by Crippen LogP contribution is -2.08. The smallest absolute Gasteiger partial charge is 0.164 e. The molecule has 0 fully saturated rings. The third kappa shape index (κ3) is 2.88. The van der Waals surface area contributed by atoms with E-state index in [1.54, 1.807) is 17.1 Å². The van der Waals surface area contributed by atoms with Gasteiger partial charge in [0, 0.05) is 0 Å². The fourth-order valence-corrected chi connectivity index (χ4v) is 1.66. The Bertz CT molecular complexity index is 507. The topological polar surface area (TPSA) is 42.7 Å². The fraction of sp³-hybridized carbons (Fsp3) is 0.333. The van der Waals surface area contributed by atoms with E-state index in [2.05, 4.69) is 15.4 Å². The summed E-state index contributed by atoms with van der Waals surface area (Å²) in [7, 11) is 1.85. The van der Waals surface area contributed by atoms with E-state index < -0.39 is 0 Å². The second kappa shape index (κ2) is 5.05. The van der Waals surface area contributed by atoms with Crippen LogP contribution in [0, 0.1) is 12.7 Å². The standard InChI is InChI=1S/C12H15FN4/c1-9-5-11(13)4-3-10(9)7-17-8-15-12(16-17)6-14-2/h3-5,8,14H,6-7H2,1-2H3. The number of aryl methyl sites for hydroxylation is 1. The van der Waals surface area contributed by atoms with E-state index in [4.69, 9.17) is 0 Å². The van der Waals surface area contributed by atoms with E-state index in [-0.39, 0.29) is 5.82 Å². The maximum Gasteiger partial charge on any atom is 0.164 e. The third-order valence-electron chi connectivity index (χ3n) is 2.56. The Labute approximate surface area is 99.5 Å². The number of benzene rings is 1. The van der Waals surface area contributed by atoms with Crippen molar-refractivity contribution in [3.8, 4) is 0 Å². The molecule has 0 saturated carbocycles. The van der Waals surface area contributed by atoms with Crippen LogP contribution in [0.1, 0.15) is 17.0 Å². The molecule has 0 unspecified atom stereocenters. The van der Waals surface area contributed by atoms with Gasteiger partial charge < -0.3 is 5.32 Å². The zero-order chi connectivity index (χ0) is 12.3. The summed E-state index contributed by atoms with van der Waals surface area (Å²) < 4.78 is 14.7. The van der Waals surface area contributed by atoms with Crippen molar-refractivity contribution in [1.82, 2.24) is 20.1 Å². The first kappa shape index (κ1) is 11.7. The van der Waals surface area contributed by atoms with Gasteiger partial charge in [-0.2, -0.15) is 5.10 Å². The number of aromatic nitrogens is 3. The van der Waals surface area contributed by atoms with Crippen LogP contribution in [-0.4, -0.2) is 21.8 Å². The summed E-state index contributed by atoms with van der Waals surface area (Å²) in [6.45, 7) is 3.15. The first-order valence-electron chi connectivity index (χ1n) is 5.47. The molecule has 0 saturated heterocycles. The highest BCUT2D eigenvalue weighted by Gasteiger charge is 2.03. The van der Waals surface area contributed by atoms with Gasteiger partial charge in [0.1, 0.15) is 12.1 Å². The maximum absolute atomic E-state index is 12.9. The number of hydrogen-bond donors (Lipinski definition) is 1. The Morgan fingerprint density at radius 3 is 2.94 bits per heavy atom. The predicted molar refractivity (Wildman–Crippen MR) is 63.0 cm³/mol. The molecule has 0 aliphatic heterocycles. The zero-order valence-corrected chi connectivity index (χ0v) is 9.94. The van der Waals surface area contributed by atoms with Gasteiger partial charge in [-0.1, -0.05) is 6.07 Å². The zero-order valence-electron chi connectivity index (χ0n) is 9.94. The Morgan fingerprint density at radius 1 is 1.41 bits per heavy atom. The van der Waals surface area contributed by atoms with E-state index in [1.807, 2.05) is 14.0 Å². The van der Waals surface area contributed by atoms with Gasteiger partial charge >= 0.3 is 0 Å². The number of nitrogens with zero attached hydrogens (tertiary/aromatic N) is 3. The summed E-state index contributed by atoms with van der Waals surface area (Å²) in [6.07, 6.45) is 1.69. The van der Waals surface area contributed by atoms with Gasteiger partial charge in [-0.15, -0.1) is 0 Å². The van der Waals surface area contributed by atoms with Crippen molar-refractivity contribution in [2.45, 2.75) is 20.0 Å². The molecule has 0 amide bonds. The Balaban J connectivity index is 2.13.